The lowest BCUT2D eigenvalue weighted by Gasteiger charge is -2.15. The molecule has 31 heavy (non-hydrogen) atoms. The quantitative estimate of drug-likeness (QED) is 0.359. The van der Waals surface area contributed by atoms with Crippen molar-refractivity contribution in [2.24, 2.45) is 0 Å². The summed E-state index contributed by atoms with van der Waals surface area (Å²) < 4.78 is 10.1. The van der Waals surface area contributed by atoms with Crippen LogP contribution >= 0.6 is 27.5 Å². The molecule has 158 valence electrons. The Kier molecular flexibility index (Phi) is 6.44. The second kappa shape index (κ2) is 9.41. The predicted molar refractivity (Wildman–Crippen MR) is 124 cm³/mol. The van der Waals surface area contributed by atoms with E-state index in [0.717, 1.165) is 15.7 Å². The smallest absolute Gasteiger partial charge is 0.272 e. The Morgan fingerprint density at radius 3 is 2.71 bits per heavy atom. The average molecular weight is 500 g/mol. The number of nitrogens with one attached hydrogen (secondary N) is 1. The van der Waals surface area contributed by atoms with Gasteiger partial charge < -0.3 is 14.6 Å². The van der Waals surface area contributed by atoms with Gasteiger partial charge in [0.05, 0.1) is 11.1 Å². The second-order valence-corrected chi connectivity index (χ2v) is 8.29. The van der Waals surface area contributed by atoms with E-state index in [0.29, 0.717) is 16.5 Å². The Morgan fingerprint density at radius 2 is 1.94 bits per heavy atom. The van der Waals surface area contributed by atoms with Gasteiger partial charge in [0.2, 0.25) is 0 Å². The van der Waals surface area contributed by atoms with E-state index in [1.165, 1.54) is 0 Å². The molecule has 0 aliphatic heterocycles. The molecule has 0 aliphatic carbocycles. The van der Waals surface area contributed by atoms with Crippen molar-refractivity contribution in [2.75, 3.05) is 0 Å². The van der Waals surface area contributed by atoms with Crippen LogP contribution in [0.25, 0.3) is 5.69 Å². The number of nitrogens with zero attached hydrogens (tertiary/aromatic N) is 3. The number of carbonyl (C=O) groups excluding carboxylic acids is 1. The summed E-state index contributed by atoms with van der Waals surface area (Å²) in [5.74, 6) is 0.293. The molecule has 2 aromatic carbocycles. The van der Waals surface area contributed by atoms with Crippen molar-refractivity contribution in [3.63, 3.8) is 0 Å². The van der Waals surface area contributed by atoms with Crippen LogP contribution in [0, 0.1) is 0 Å². The van der Waals surface area contributed by atoms with Crippen LogP contribution in [-0.4, -0.2) is 20.3 Å². The van der Waals surface area contributed by atoms with E-state index in [2.05, 4.69) is 32.4 Å². The molecule has 1 unspecified atom stereocenters. The highest BCUT2D eigenvalue weighted by Crippen LogP contribution is 2.28. The summed E-state index contributed by atoms with van der Waals surface area (Å²) in [6.45, 7) is 2.09. The average Bonchev–Trinajstić information content (AvgIpc) is 3.46. The molecule has 1 amide bonds. The molecule has 1 N–H and O–H groups in total. The zero-order chi connectivity index (χ0) is 21.8. The first-order valence-electron chi connectivity index (χ1n) is 9.65. The fourth-order valence-electron chi connectivity index (χ4n) is 3.10. The number of rotatable bonds is 7. The molecule has 0 radical (unpaired) electrons. The van der Waals surface area contributed by atoms with Crippen LogP contribution in [0.3, 0.4) is 0 Å². The van der Waals surface area contributed by atoms with Gasteiger partial charge in [0.1, 0.15) is 11.4 Å². The summed E-state index contributed by atoms with van der Waals surface area (Å²) in [6.07, 6.45) is 5.66. The highest BCUT2D eigenvalue weighted by molar-refractivity contribution is 9.10. The first-order chi connectivity index (χ1) is 15.0. The normalized spacial score (nSPS) is 11.8. The Labute approximate surface area is 193 Å². The largest absolute Gasteiger partial charge is 0.470 e. The third-order valence-electron chi connectivity index (χ3n) is 4.74. The van der Waals surface area contributed by atoms with E-state index >= 15 is 0 Å². The Balaban J connectivity index is 1.38. The third kappa shape index (κ3) is 5.18. The number of aromatic nitrogens is 3. The fourth-order valence-corrected chi connectivity index (χ4v) is 3.83. The van der Waals surface area contributed by atoms with Gasteiger partial charge in [-0.25, -0.2) is 4.68 Å². The number of ether oxygens (including phenoxy) is 1. The summed E-state index contributed by atoms with van der Waals surface area (Å²) in [6, 6.07) is 18.9. The molecule has 1 atom stereocenters. The molecule has 0 aliphatic rings. The first kappa shape index (κ1) is 21.2. The van der Waals surface area contributed by atoms with Crippen molar-refractivity contribution < 1.29 is 9.53 Å². The third-order valence-corrected chi connectivity index (χ3v) is 5.53. The van der Waals surface area contributed by atoms with E-state index in [9.17, 15) is 4.79 Å². The fraction of sp³-hybridized carbons (Fsp3) is 0.130. The number of halogens is 2. The highest BCUT2D eigenvalue weighted by Gasteiger charge is 2.15. The number of hydrogen-bond donors (Lipinski definition) is 1. The van der Waals surface area contributed by atoms with E-state index in [-0.39, 0.29) is 18.7 Å². The van der Waals surface area contributed by atoms with Gasteiger partial charge in [-0.1, -0.05) is 39.7 Å². The monoisotopic (exact) mass is 498 g/mol. The van der Waals surface area contributed by atoms with Crippen molar-refractivity contribution in [1.82, 2.24) is 19.7 Å². The Hall–Kier alpha value is -3.03. The maximum absolute atomic E-state index is 12.7. The van der Waals surface area contributed by atoms with E-state index in [4.69, 9.17) is 16.3 Å². The van der Waals surface area contributed by atoms with Crippen LogP contribution in [0.1, 0.15) is 29.0 Å². The molecule has 8 heteroatoms. The number of hydrogen-bond acceptors (Lipinski definition) is 3. The lowest BCUT2D eigenvalue weighted by Crippen LogP contribution is -2.27. The highest BCUT2D eigenvalue weighted by atomic mass is 79.9. The SMILES string of the molecule is CC(NC(=O)c1ccn(COc2ccc(Br)cc2Cl)n1)c1cccc(-n2cccc2)c1. The molecule has 4 rings (SSSR count). The molecule has 4 aromatic rings. The van der Waals surface area contributed by atoms with Crippen LogP contribution in [0.4, 0.5) is 0 Å². The molecule has 6 nitrogen and oxygen atoms in total. The van der Waals surface area contributed by atoms with Crippen LogP contribution in [0.15, 0.2) is 83.7 Å². The van der Waals surface area contributed by atoms with Gasteiger partial charge in [0, 0.05) is 28.8 Å². The van der Waals surface area contributed by atoms with E-state index in [1.54, 1.807) is 29.1 Å². The maximum atomic E-state index is 12.7. The van der Waals surface area contributed by atoms with Crippen molar-refractivity contribution in [3.8, 4) is 11.4 Å². The first-order valence-corrected chi connectivity index (χ1v) is 10.8. The molecular weight excluding hydrogens is 480 g/mol. The van der Waals surface area contributed by atoms with Gasteiger partial charge in [-0.05, 0) is 61.0 Å². The van der Waals surface area contributed by atoms with Crippen LogP contribution in [-0.2, 0) is 6.73 Å². The van der Waals surface area contributed by atoms with Crippen LogP contribution in [0.2, 0.25) is 5.02 Å². The Bertz CT molecular complexity index is 1190. The maximum Gasteiger partial charge on any atom is 0.272 e. The summed E-state index contributed by atoms with van der Waals surface area (Å²) >= 11 is 9.52. The topological polar surface area (TPSA) is 61.1 Å². The predicted octanol–water partition coefficient (Wildman–Crippen LogP) is 5.62. The lowest BCUT2D eigenvalue weighted by atomic mass is 10.1. The van der Waals surface area contributed by atoms with Crippen LogP contribution in [0.5, 0.6) is 5.75 Å². The minimum atomic E-state index is -0.251. The second-order valence-electron chi connectivity index (χ2n) is 6.97. The molecule has 0 bridgehead atoms. The van der Waals surface area contributed by atoms with Crippen molar-refractivity contribution >= 4 is 33.4 Å². The van der Waals surface area contributed by atoms with Crippen molar-refractivity contribution in [3.05, 3.63) is 100 Å². The summed E-state index contributed by atoms with van der Waals surface area (Å²) in [7, 11) is 0. The minimum Gasteiger partial charge on any atom is -0.470 e. The zero-order valence-corrected chi connectivity index (χ0v) is 19.0. The molecule has 0 saturated carbocycles. The molecule has 0 saturated heterocycles. The van der Waals surface area contributed by atoms with Gasteiger partial charge in [-0.3, -0.25) is 4.79 Å². The number of amides is 1. The number of carbonyl (C=O) groups is 1. The van der Waals surface area contributed by atoms with Gasteiger partial charge in [-0.2, -0.15) is 5.10 Å². The summed E-state index contributed by atoms with van der Waals surface area (Å²) in [4.78, 5) is 12.7. The van der Waals surface area contributed by atoms with Gasteiger partial charge >= 0.3 is 0 Å². The van der Waals surface area contributed by atoms with Gasteiger partial charge in [0.15, 0.2) is 6.73 Å². The molecule has 2 aromatic heterocycles. The van der Waals surface area contributed by atoms with Crippen molar-refractivity contribution in [2.45, 2.75) is 19.7 Å². The standard InChI is InChI=1S/C23H20BrClN4O2/c1-16(17-5-4-6-19(13-17)28-10-2-3-11-28)26-23(30)21-9-12-29(27-21)15-31-22-8-7-18(24)14-20(22)25/h2-14,16H,15H2,1H3,(H,26,30). The molecular formula is C23H20BrClN4O2. The van der Waals surface area contributed by atoms with E-state index < -0.39 is 0 Å². The summed E-state index contributed by atoms with van der Waals surface area (Å²) in [5, 5.41) is 7.79. The summed E-state index contributed by atoms with van der Waals surface area (Å²) in [5.41, 5.74) is 2.36. The van der Waals surface area contributed by atoms with Crippen LogP contribution < -0.4 is 10.1 Å². The molecule has 0 fully saturated rings. The molecule has 0 spiro atoms. The zero-order valence-electron chi connectivity index (χ0n) is 16.7. The van der Waals surface area contributed by atoms with E-state index in [1.807, 2.05) is 60.3 Å². The van der Waals surface area contributed by atoms with Gasteiger partial charge in [0.25, 0.3) is 5.91 Å². The Morgan fingerprint density at radius 1 is 1.13 bits per heavy atom. The minimum absolute atomic E-state index is 0.142. The number of benzene rings is 2. The molecule has 2 heterocycles. The van der Waals surface area contributed by atoms with Gasteiger partial charge in [-0.15, -0.1) is 0 Å². The van der Waals surface area contributed by atoms with Crippen molar-refractivity contribution in [1.29, 1.82) is 0 Å². The lowest BCUT2D eigenvalue weighted by molar-refractivity contribution is 0.0932.